The van der Waals surface area contributed by atoms with Crippen LogP contribution in [0, 0.1) is 5.92 Å². The molecule has 0 saturated carbocycles. The molecule has 156 valence electrons. The van der Waals surface area contributed by atoms with Crippen molar-refractivity contribution in [3.8, 4) is 0 Å². The molecule has 2 fully saturated rings. The van der Waals surface area contributed by atoms with Gasteiger partial charge in [0, 0.05) is 50.0 Å². The summed E-state index contributed by atoms with van der Waals surface area (Å²) in [6, 6.07) is -0.326. The molecule has 2 amide bonds. The summed E-state index contributed by atoms with van der Waals surface area (Å²) < 4.78 is 15.0. The molecule has 0 spiro atoms. The predicted octanol–water partition coefficient (Wildman–Crippen LogP) is 0.133. The Balaban J connectivity index is 1.99. The molecule has 0 bridgehead atoms. The van der Waals surface area contributed by atoms with E-state index in [1.54, 1.807) is 23.6 Å². The fraction of sp³-hybridized carbons (Fsp3) is 0.684. The molecule has 0 aromatic carbocycles. The van der Waals surface area contributed by atoms with Crippen LogP contribution in [-0.4, -0.2) is 85.7 Å². The van der Waals surface area contributed by atoms with Crippen molar-refractivity contribution in [2.45, 2.75) is 38.8 Å². The second kappa shape index (κ2) is 10.2. The van der Waals surface area contributed by atoms with E-state index in [0.717, 1.165) is 12.2 Å². The number of carbonyl (C=O) groups excluding carboxylic acids is 4. The van der Waals surface area contributed by atoms with Crippen LogP contribution in [0.15, 0.2) is 12.2 Å². The number of morpholine rings is 1. The second-order valence-corrected chi connectivity index (χ2v) is 7.15. The number of ether oxygens (including phenoxy) is 3. The highest BCUT2D eigenvalue weighted by molar-refractivity contribution is 5.91. The lowest BCUT2D eigenvalue weighted by molar-refractivity contribution is -0.144. The van der Waals surface area contributed by atoms with Crippen LogP contribution in [0.2, 0.25) is 0 Å². The first-order valence-corrected chi connectivity index (χ1v) is 9.44. The number of methoxy groups -OCH3 is 1. The van der Waals surface area contributed by atoms with Crippen LogP contribution in [0.25, 0.3) is 0 Å². The summed E-state index contributed by atoms with van der Waals surface area (Å²) in [5.41, 5.74) is 0. The third-order valence-corrected chi connectivity index (χ3v) is 4.77. The Morgan fingerprint density at radius 3 is 2.36 bits per heavy atom. The quantitative estimate of drug-likeness (QED) is 0.465. The van der Waals surface area contributed by atoms with E-state index in [-0.39, 0.29) is 36.7 Å². The summed E-state index contributed by atoms with van der Waals surface area (Å²) in [6.07, 6.45) is 2.01. The van der Waals surface area contributed by atoms with Crippen molar-refractivity contribution in [2.24, 2.45) is 5.92 Å². The van der Waals surface area contributed by atoms with Crippen molar-refractivity contribution in [3.63, 3.8) is 0 Å². The van der Waals surface area contributed by atoms with Crippen LogP contribution >= 0.6 is 0 Å². The highest BCUT2D eigenvalue weighted by Gasteiger charge is 2.39. The number of hydrogen-bond acceptors (Lipinski definition) is 7. The third-order valence-electron chi connectivity index (χ3n) is 4.77. The molecule has 2 aliphatic heterocycles. The number of hydrogen-bond donors (Lipinski definition) is 0. The van der Waals surface area contributed by atoms with Gasteiger partial charge in [-0.05, 0) is 0 Å². The van der Waals surface area contributed by atoms with Crippen molar-refractivity contribution in [2.75, 3.05) is 40.0 Å². The van der Waals surface area contributed by atoms with E-state index in [1.165, 1.54) is 7.11 Å². The van der Waals surface area contributed by atoms with E-state index in [9.17, 15) is 19.2 Å². The SMILES string of the molecule is COC(=O)/C=C/C(=O)O[C@@H]1C[C@@H](CC(=O)N2CCOCC2)N(C(=O)C(C)C)C1. The van der Waals surface area contributed by atoms with Crippen molar-refractivity contribution < 1.29 is 33.4 Å². The highest BCUT2D eigenvalue weighted by atomic mass is 16.5. The maximum absolute atomic E-state index is 12.6. The summed E-state index contributed by atoms with van der Waals surface area (Å²) in [5, 5.41) is 0. The maximum atomic E-state index is 12.6. The molecule has 9 heteroatoms. The van der Waals surface area contributed by atoms with Gasteiger partial charge in [0.2, 0.25) is 11.8 Å². The largest absolute Gasteiger partial charge is 0.466 e. The molecule has 28 heavy (non-hydrogen) atoms. The van der Waals surface area contributed by atoms with Crippen molar-refractivity contribution in [1.29, 1.82) is 0 Å². The summed E-state index contributed by atoms with van der Waals surface area (Å²) >= 11 is 0. The number of rotatable bonds is 6. The Hall–Kier alpha value is -2.42. The zero-order valence-electron chi connectivity index (χ0n) is 16.6. The molecule has 0 aromatic heterocycles. The van der Waals surface area contributed by atoms with Crippen molar-refractivity contribution in [3.05, 3.63) is 12.2 Å². The number of esters is 2. The summed E-state index contributed by atoms with van der Waals surface area (Å²) in [7, 11) is 1.21. The zero-order valence-corrected chi connectivity index (χ0v) is 16.6. The van der Waals surface area contributed by atoms with Crippen molar-refractivity contribution >= 4 is 23.8 Å². The standard InChI is InChI=1S/C19H28N2O7/c1-13(2)19(25)21-12-15(28-18(24)5-4-17(23)26-3)10-14(21)11-16(22)20-6-8-27-9-7-20/h4-5,13-15H,6-12H2,1-3H3/b5-4+/t14-,15+/m0/s1. The van der Waals surface area contributed by atoms with E-state index in [4.69, 9.17) is 9.47 Å². The minimum Gasteiger partial charge on any atom is -0.466 e. The van der Waals surface area contributed by atoms with Gasteiger partial charge in [-0.1, -0.05) is 13.8 Å². The Bertz CT molecular complexity index is 626. The van der Waals surface area contributed by atoms with Gasteiger partial charge >= 0.3 is 11.9 Å². The molecule has 2 rings (SSSR count). The van der Waals surface area contributed by atoms with E-state index < -0.39 is 18.0 Å². The van der Waals surface area contributed by atoms with Crippen LogP contribution in [0.3, 0.4) is 0 Å². The molecule has 2 aliphatic rings. The first-order valence-electron chi connectivity index (χ1n) is 9.44. The van der Waals surface area contributed by atoms with Gasteiger partial charge in [0.05, 0.1) is 26.9 Å². The van der Waals surface area contributed by atoms with Gasteiger partial charge in [0.1, 0.15) is 6.10 Å². The summed E-state index contributed by atoms with van der Waals surface area (Å²) in [4.78, 5) is 51.5. The molecule has 2 atom stereocenters. The summed E-state index contributed by atoms with van der Waals surface area (Å²) in [5.74, 6) is -1.69. The van der Waals surface area contributed by atoms with Gasteiger partial charge in [0.25, 0.3) is 0 Å². The lowest BCUT2D eigenvalue weighted by Crippen LogP contribution is -2.45. The monoisotopic (exact) mass is 396 g/mol. The van der Waals surface area contributed by atoms with Gasteiger partial charge in [-0.15, -0.1) is 0 Å². The van der Waals surface area contributed by atoms with Crippen LogP contribution < -0.4 is 0 Å². The Morgan fingerprint density at radius 2 is 1.75 bits per heavy atom. The first-order chi connectivity index (χ1) is 13.3. The molecule has 0 N–H and O–H groups in total. The van der Waals surface area contributed by atoms with Gasteiger partial charge < -0.3 is 24.0 Å². The average molecular weight is 396 g/mol. The van der Waals surface area contributed by atoms with E-state index in [0.29, 0.717) is 32.7 Å². The maximum Gasteiger partial charge on any atom is 0.331 e. The Morgan fingerprint density at radius 1 is 1.11 bits per heavy atom. The molecular weight excluding hydrogens is 368 g/mol. The Labute approximate surface area is 164 Å². The van der Waals surface area contributed by atoms with Crippen LogP contribution in [0.1, 0.15) is 26.7 Å². The van der Waals surface area contributed by atoms with Gasteiger partial charge in [-0.2, -0.15) is 0 Å². The third kappa shape index (κ3) is 6.05. The minimum absolute atomic E-state index is 0.0348. The highest BCUT2D eigenvalue weighted by Crippen LogP contribution is 2.26. The van der Waals surface area contributed by atoms with Crippen LogP contribution in [0.5, 0.6) is 0 Å². The average Bonchev–Trinajstić information content (AvgIpc) is 3.07. The number of likely N-dealkylation sites (tertiary alicyclic amines) is 1. The molecule has 0 aromatic rings. The number of nitrogens with zero attached hydrogens (tertiary/aromatic N) is 2. The lowest BCUT2D eigenvalue weighted by Gasteiger charge is -2.30. The number of amides is 2. The fourth-order valence-electron chi connectivity index (χ4n) is 3.31. The predicted molar refractivity (Wildman–Crippen MR) is 98.0 cm³/mol. The molecule has 9 nitrogen and oxygen atoms in total. The molecule has 0 aliphatic carbocycles. The van der Waals surface area contributed by atoms with Gasteiger partial charge in [-0.25, -0.2) is 9.59 Å². The molecular formula is C19H28N2O7. The normalized spacial score (nSPS) is 22.6. The topological polar surface area (TPSA) is 102 Å². The van der Waals surface area contributed by atoms with Crippen molar-refractivity contribution in [1.82, 2.24) is 9.80 Å². The molecule has 2 saturated heterocycles. The summed E-state index contributed by atoms with van der Waals surface area (Å²) in [6.45, 7) is 5.93. The second-order valence-electron chi connectivity index (χ2n) is 7.15. The van der Waals surface area contributed by atoms with E-state index >= 15 is 0 Å². The minimum atomic E-state index is -0.687. The Kier molecular flexibility index (Phi) is 7.98. The fourth-order valence-corrected chi connectivity index (χ4v) is 3.31. The molecule has 0 radical (unpaired) electrons. The van der Waals surface area contributed by atoms with Crippen LogP contribution in [-0.2, 0) is 33.4 Å². The molecule has 0 unspecified atom stereocenters. The van der Waals surface area contributed by atoms with Gasteiger partial charge in [-0.3, -0.25) is 9.59 Å². The van der Waals surface area contributed by atoms with E-state index in [1.807, 2.05) is 0 Å². The van der Waals surface area contributed by atoms with E-state index in [2.05, 4.69) is 4.74 Å². The molecule has 2 heterocycles. The lowest BCUT2D eigenvalue weighted by atomic mass is 10.1. The number of carbonyl (C=O) groups is 4. The van der Waals surface area contributed by atoms with Crippen LogP contribution in [0.4, 0.5) is 0 Å². The van der Waals surface area contributed by atoms with Gasteiger partial charge in [0.15, 0.2) is 0 Å². The zero-order chi connectivity index (χ0) is 20.7. The first kappa shape index (κ1) is 21.9. The smallest absolute Gasteiger partial charge is 0.331 e.